The fourth-order valence-corrected chi connectivity index (χ4v) is 5.91. The van der Waals surface area contributed by atoms with Crippen LogP contribution in [0.2, 0.25) is 0 Å². The molecule has 4 heterocycles. The summed E-state index contributed by atoms with van der Waals surface area (Å²) in [5, 5.41) is 0. The smallest absolute Gasteiger partial charge is 0.240 e. The monoisotopic (exact) mass is 464 g/mol. The van der Waals surface area contributed by atoms with Crippen molar-refractivity contribution in [3.05, 3.63) is 95.7 Å². The molecule has 35 heavy (non-hydrogen) atoms. The van der Waals surface area contributed by atoms with Gasteiger partial charge in [0.05, 0.1) is 23.6 Å². The summed E-state index contributed by atoms with van der Waals surface area (Å²) in [6.45, 7) is 0.105. The lowest BCUT2D eigenvalue weighted by atomic mass is 9.83. The molecule has 7 nitrogen and oxygen atoms in total. The topological polar surface area (TPSA) is 76.1 Å². The van der Waals surface area contributed by atoms with Gasteiger partial charge in [0.1, 0.15) is 6.04 Å². The number of imide groups is 1. The third kappa shape index (κ3) is 2.75. The predicted octanol–water partition coefficient (Wildman–Crippen LogP) is 3.81. The maximum atomic E-state index is 14.0. The SMILES string of the molecule is O=C(c1ccc2c(c1)OCO2)C1C2C(=O)N(c3ccccc3)C(=O)C2C2c3ccccc3C=CN12. The zero-order chi connectivity index (χ0) is 23.7. The van der Waals surface area contributed by atoms with Crippen LogP contribution in [-0.4, -0.2) is 35.3 Å². The molecule has 2 saturated heterocycles. The number of hydrogen-bond acceptors (Lipinski definition) is 6. The van der Waals surface area contributed by atoms with Crippen molar-refractivity contribution in [1.82, 2.24) is 4.90 Å². The first kappa shape index (κ1) is 20.0. The van der Waals surface area contributed by atoms with Crippen LogP contribution in [0.25, 0.3) is 6.08 Å². The van der Waals surface area contributed by atoms with E-state index in [0.717, 1.165) is 11.1 Å². The molecule has 4 unspecified atom stereocenters. The van der Waals surface area contributed by atoms with E-state index in [9.17, 15) is 14.4 Å². The molecule has 0 spiro atoms. The van der Waals surface area contributed by atoms with Gasteiger partial charge in [-0.25, -0.2) is 4.90 Å². The number of benzene rings is 3. The van der Waals surface area contributed by atoms with Gasteiger partial charge in [0.25, 0.3) is 0 Å². The number of para-hydroxylation sites is 1. The van der Waals surface area contributed by atoms with Crippen LogP contribution in [0.15, 0.2) is 79.0 Å². The van der Waals surface area contributed by atoms with E-state index in [1.165, 1.54) is 4.90 Å². The predicted molar refractivity (Wildman–Crippen MR) is 127 cm³/mol. The Kier molecular flexibility index (Phi) is 4.18. The second-order valence-electron chi connectivity index (χ2n) is 9.11. The molecule has 0 aromatic heterocycles. The van der Waals surface area contributed by atoms with Gasteiger partial charge in [-0.05, 0) is 47.5 Å². The van der Waals surface area contributed by atoms with Crippen molar-refractivity contribution in [3.63, 3.8) is 0 Å². The van der Waals surface area contributed by atoms with E-state index < -0.39 is 23.9 Å². The van der Waals surface area contributed by atoms with E-state index in [0.29, 0.717) is 22.7 Å². The van der Waals surface area contributed by atoms with Gasteiger partial charge < -0.3 is 14.4 Å². The van der Waals surface area contributed by atoms with Crippen molar-refractivity contribution in [2.45, 2.75) is 12.1 Å². The molecule has 4 atom stereocenters. The van der Waals surface area contributed by atoms with E-state index >= 15 is 0 Å². The Balaban J connectivity index is 1.37. The minimum absolute atomic E-state index is 0.105. The van der Waals surface area contributed by atoms with Gasteiger partial charge in [-0.15, -0.1) is 0 Å². The van der Waals surface area contributed by atoms with Gasteiger partial charge in [0, 0.05) is 11.8 Å². The molecule has 3 aromatic rings. The molecule has 4 aliphatic heterocycles. The second-order valence-corrected chi connectivity index (χ2v) is 9.11. The fraction of sp³-hybridized carbons (Fsp3) is 0.179. The first-order valence-corrected chi connectivity index (χ1v) is 11.5. The lowest BCUT2D eigenvalue weighted by Gasteiger charge is -2.35. The highest BCUT2D eigenvalue weighted by Crippen LogP contribution is 2.53. The fourth-order valence-electron chi connectivity index (χ4n) is 5.91. The van der Waals surface area contributed by atoms with Gasteiger partial charge in [0.2, 0.25) is 18.6 Å². The van der Waals surface area contributed by atoms with Gasteiger partial charge in [-0.1, -0.05) is 42.5 Å². The molecule has 0 N–H and O–H groups in total. The first-order chi connectivity index (χ1) is 17.1. The summed E-state index contributed by atoms with van der Waals surface area (Å²) in [6.07, 6.45) is 3.80. The van der Waals surface area contributed by atoms with E-state index in [1.807, 2.05) is 47.5 Å². The van der Waals surface area contributed by atoms with Crippen LogP contribution >= 0.6 is 0 Å². The summed E-state index contributed by atoms with van der Waals surface area (Å²) in [7, 11) is 0. The largest absolute Gasteiger partial charge is 0.454 e. The number of Topliss-reactive ketones (excluding diaryl/α,β-unsaturated/α-hetero) is 1. The van der Waals surface area contributed by atoms with Crippen molar-refractivity contribution in [1.29, 1.82) is 0 Å². The minimum atomic E-state index is -0.819. The number of amides is 2. The summed E-state index contributed by atoms with van der Waals surface area (Å²) >= 11 is 0. The number of ether oxygens (including phenoxy) is 2. The summed E-state index contributed by atoms with van der Waals surface area (Å²) in [6, 6.07) is 20.6. The zero-order valence-corrected chi connectivity index (χ0v) is 18.5. The molecule has 0 saturated carbocycles. The number of ketones is 1. The van der Waals surface area contributed by atoms with Crippen molar-refractivity contribution in [3.8, 4) is 11.5 Å². The molecule has 2 amide bonds. The molecule has 2 fully saturated rings. The Morgan fingerprint density at radius 2 is 1.57 bits per heavy atom. The Morgan fingerprint density at radius 1 is 0.829 bits per heavy atom. The summed E-state index contributed by atoms with van der Waals surface area (Å²) in [5.41, 5.74) is 2.88. The molecule has 172 valence electrons. The molecule has 0 aliphatic carbocycles. The highest BCUT2D eigenvalue weighted by molar-refractivity contribution is 6.24. The standard InChI is InChI=1S/C28H20N2O5/c31-26(17-10-11-20-21(14-17)35-15-34-20)25-23-22(24-19-9-5-4-6-16(19)12-13-29(24)25)27(32)30(28(23)33)18-7-2-1-3-8-18/h1-14,22-25H,15H2. The summed E-state index contributed by atoms with van der Waals surface area (Å²) in [5.74, 6) is -1.23. The Bertz CT molecular complexity index is 1430. The van der Waals surface area contributed by atoms with Crippen LogP contribution in [0, 0.1) is 11.8 Å². The molecule has 7 heteroatoms. The summed E-state index contributed by atoms with van der Waals surface area (Å²) in [4.78, 5) is 44.8. The third-order valence-corrected chi connectivity index (χ3v) is 7.40. The van der Waals surface area contributed by atoms with Crippen LogP contribution in [-0.2, 0) is 9.59 Å². The molecular weight excluding hydrogens is 444 g/mol. The lowest BCUT2D eigenvalue weighted by molar-refractivity contribution is -0.123. The average molecular weight is 464 g/mol. The van der Waals surface area contributed by atoms with Crippen LogP contribution < -0.4 is 14.4 Å². The molecule has 0 radical (unpaired) electrons. The molecule has 4 aliphatic rings. The molecule has 0 bridgehead atoms. The third-order valence-electron chi connectivity index (χ3n) is 7.40. The van der Waals surface area contributed by atoms with Crippen molar-refractivity contribution in [2.24, 2.45) is 11.8 Å². The first-order valence-electron chi connectivity index (χ1n) is 11.5. The Morgan fingerprint density at radius 3 is 2.43 bits per heavy atom. The van der Waals surface area contributed by atoms with Crippen LogP contribution in [0.4, 0.5) is 5.69 Å². The van der Waals surface area contributed by atoms with Crippen LogP contribution in [0.3, 0.4) is 0 Å². The molecular formula is C28H20N2O5. The molecule has 7 rings (SSSR count). The van der Waals surface area contributed by atoms with E-state index in [1.54, 1.807) is 42.5 Å². The van der Waals surface area contributed by atoms with Crippen LogP contribution in [0.5, 0.6) is 11.5 Å². The summed E-state index contributed by atoms with van der Waals surface area (Å²) < 4.78 is 10.9. The van der Waals surface area contributed by atoms with Crippen LogP contribution in [0.1, 0.15) is 27.5 Å². The van der Waals surface area contributed by atoms with Crippen molar-refractivity contribution < 1.29 is 23.9 Å². The Hall–Kier alpha value is -4.39. The highest BCUT2D eigenvalue weighted by Gasteiger charge is 2.64. The highest BCUT2D eigenvalue weighted by atomic mass is 16.7. The number of rotatable bonds is 3. The quantitative estimate of drug-likeness (QED) is 0.433. The Labute approximate surface area is 201 Å². The minimum Gasteiger partial charge on any atom is -0.454 e. The van der Waals surface area contributed by atoms with Gasteiger partial charge in [-0.3, -0.25) is 14.4 Å². The van der Waals surface area contributed by atoms with Crippen molar-refractivity contribution in [2.75, 3.05) is 11.7 Å². The number of carbonyl (C=O) groups is 3. The normalized spacial score (nSPS) is 25.5. The maximum absolute atomic E-state index is 14.0. The van der Waals surface area contributed by atoms with E-state index in [2.05, 4.69) is 0 Å². The number of nitrogens with zero attached hydrogens (tertiary/aromatic N) is 2. The number of fused-ring (bicyclic) bond motifs is 6. The van der Waals surface area contributed by atoms with E-state index in [-0.39, 0.29) is 24.4 Å². The number of carbonyl (C=O) groups excluding carboxylic acids is 3. The zero-order valence-electron chi connectivity index (χ0n) is 18.5. The maximum Gasteiger partial charge on any atom is 0.240 e. The van der Waals surface area contributed by atoms with Gasteiger partial charge >= 0.3 is 0 Å². The number of anilines is 1. The lowest BCUT2D eigenvalue weighted by Crippen LogP contribution is -2.44. The van der Waals surface area contributed by atoms with E-state index in [4.69, 9.17) is 9.47 Å². The molecule has 3 aromatic carbocycles. The second kappa shape index (κ2) is 7.30. The van der Waals surface area contributed by atoms with Crippen molar-refractivity contribution >= 4 is 29.4 Å². The van der Waals surface area contributed by atoms with Gasteiger partial charge in [0.15, 0.2) is 17.3 Å². The average Bonchev–Trinajstić information content (AvgIpc) is 3.57. The van der Waals surface area contributed by atoms with Gasteiger partial charge in [-0.2, -0.15) is 0 Å². The number of hydrogen-bond donors (Lipinski definition) is 0.